The SMILES string of the molecule is CN(Cc1ccsc1)c1ncnc(NN)c1[N+](=O)[O-]. The molecule has 2 heterocycles. The van der Waals surface area contributed by atoms with Crippen LogP contribution in [0.4, 0.5) is 17.3 Å². The monoisotopic (exact) mass is 280 g/mol. The number of hydrogen-bond acceptors (Lipinski definition) is 8. The third-order valence-electron chi connectivity index (χ3n) is 2.48. The summed E-state index contributed by atoms with van der Waals surface area (Å²) in [5.41, 5.74) is 3.04. The average molecular weight is 280 g/mol. The summed E-state index contributed by atoms with van der Waals surface area (Å²) >= 11 is 1.57. The van der Waals surface area contributed by atoms with Crippen molar-refractivity contribution >= 4 is 28.7 Å². The first-order valence-electron chi connectivity index (χ1n) is 5.31. The van der Waals surface area contributed by atoms with Gasteiger partial charge in [-0.2, -0.15) is 11.3 Å². The summed E-state index contributed by atoms with van der Waals surface area (Å²) in [6.45, 7) is 0.519. The number of rotatable bonds is 5. The van der Waals surface area contributed by atoms with Gasteiger partial charge in [-0.1, -0.05) is 0 Å². The highest BCUT2D eigenvalue weighted by atomic mass is 32.1. The van der Waals surface area contributed by atoms with Crippen molar-refractivity contribution in [3.8, 4) is 0 Å². The maximum absolute atomic E-state index is 11.1. The Kier molecular flexibility index (Phi) is 3.88. The van der Waals surface area contributed by atoms with Gasteiger partial charge in [0.15, 0.2) is 0 Å². The van der Waals surface area contributed by atoms with Gasteiger partial charge in [-0.25, -0.2) is 15.8 Å². The Balaban J connectivity index is 2.35. The van der Waals surface area contributed by atoms with E-state index in [1.54, 1.807) is 23.3 Å². The van der Waals surface area contributed by atoms with Gasteiger partial charge < -0.3 is 10.3 Å². The van der Waals surface area contributed by atoms with Gasteiger partial charge in [-0.3, -0.25) is 10.1 Å². The van der Waals surface area contributed by atoms with E-state index >= 15 is 0 Å². The number of hydrazine groups is 1. The molecule has 2 aromatic heterocycles. The fraction of sp³-hybridized carbons (Fsp3) is 0.200. The van der Waals surface area contributed by atoms with E-state index in [-0.39, 0.29) is 17.3 Å². The van der Waals surface area contributed by atoms with Gasteiger partial charge in [0.1, 0.15) is 6.33 Å². The minimum absolute atomic E-state index is 0.00725. The highest BCUT2D eigenvalue weighted by Crippen LogP contribution is 2.31. The van der Waals surface area contributed by atoms with Gasteiger partial charge >= 0.3 is 5.69 Å². The molecular weight excluding hydrogens is 268 g/mol. The third-order valence-corrected chi connectivity index (χ3v) is 3.22. The van der Waals surface area contributed by atoms with Crippen LogP contribution in [0.2, 0.25) is 0 Å². The predicted molar refractivity (Wildman–Crippen MR) is 72.9 cm³/mol. The van der Waals surface area contributed by atoms with Crippen LogP contribution >= 0.6 is 11.3 Å². The molecule has 0 fully saturated rings. The second-order valence-corrected chi connectivity index (χ2v) is 4.56. The van der Waals surface area contributed by atoms with Crippen LogP contribution in [0.1, 0.15) is 5.56 Å². The molecule has 9 heteroatoms. The molecule has 3 N–H and O–H groups in total. The second kappa shape index (κ2) is 5.59. The summed E-state index contributed by atoms with van der Waals surface area (Å²) in [6.07, 6.45) is 1.24. The molecule has 0 unspecified atom stereocenters. The van der Waals surface area contributed by atoms with Crippen molar-refractivity contribution in [3.05, 3.63) is 38.8 Å². The topological polar surface area (TPSA) is 110 Å². The van der Waals surface area contributed by atoms with Crippen LogP contribution in [-0.2, 0) is 6.54 Å². The van der Waals surface area contributed by atoms with Gasteiger partial charge in [0.25, 0.3) is 0 Å². The number of nitro groups is 1. The van der Waals surface area contributed by atoms with Gasteiger partial charge in [0, 0.05) is 13.6 Å². The molecule has 0 aliphatic rings. The zero-order valence-electron chi connectivity index (χ0n) is 10.1. The highest BCUT2D eigenvalue weighted by molar-refractivity contribution is 7.07. The van der Waals surface area contributed by atoms with Crippen LogP contribution in [-0.4, -0.2) is 21.9 Å². The molecule has 0 saturated heterocycles. The quantitative estimate of drug-likeness (QED) is 0.483. The molecule has 0 aliphatic heterocycles. The molecule has 0 bridgehead atoms. The second-order valence-electron chi connectivity index (χ2n) is 3.78. The van der Waals surface area contributed by atoms with E-state index in [4.69, 9.17) is 5.84 Å². The average Bonchev–Trinajstić information content (AvgIpc) is 2.90. The lowest BCUT2D eigenvalue weighted by Crippen LogP contribution is -2.21. The van der Waals surface area contributed by atoms with Crippen molar-refractivity contribution in [3.63, 3.8) is 0 Å². The summed E-state index contributed by atoms with van der Waals surface area (Å²) in [5, 5.41) is 15.0. The zero-order chi connectivity index (χ0) is 13.8. The fourth-order valence-corrected chi connectivity index (χ4v) is 2.31. The standard InChI is InChI=1S/C10H12N6O2S/c1-15(4-7-2-3-19-5-7)10-8(16(17)18)9(14-11)12-6-13-10/h2-3,5-6H,4,11H2,1H3,(H,12,13,14). The zero-order valence-corrected chi connectivity index (χ0v) is 10.9. The Hall–Kier alpha value is -2.26. The fourth-order valence-electron chi connectivity index (χ4n) is 1.65. The van der Waals surface area contributed by atoms with Crippen LogP contribution in [0.5, 0.6) is 0 Å². The Morgan fingerprint density at radius 2 is 2.37 bits per heavy atom. The highest BCUT2D eigenvalue weighted by Gasteiger charge is 2.25. The van der Waals surface area contributed by atoms with E-state index in [0.717, 1.165) is 5.56 Å². The first-order valence-corrected chi connectivity index (χ1v) is 6.26. The maximum Gasteiger partial charge on any atom is 0.354 e. The molecular formula is C10H12N6O2S. The number of anilines is 2. The lowest BCUT2D eigenvalue weighted by molar-refractivity contribution is -0.383. The van der Waals surface area contributed by atoms with E-state index in [0.29, 0.717) is 6.54 Å². The number of nitrogens with zero attached hydrogens (tertiary/aromatic N) is 4. The van der Waals surface area contributed by atoms with E-state index < -0.39 is 4.92 Å². The van der Waals surface area contributed by atoms with Crippen LogP contribution in [0.3, 0.4) is 0 Å². The first kappa shape index (κ1) is 13.2. The molecule has 0 atom stereocenters. The number of aromatic nitrogens is 2. The molecule has 0 saturated carbocycles. The van der Waals surface area contributed by atoms with Crippen LogP contribution < -0.4 is 16.2 Å². The lowest BCUT2D eigenvalue weighted by atomic mass is 10.3. The summed E-state index contributed by atoms with van der Waals surface area (Å²) < 4.78 is 0. The summed E-state index contributed by atoms with van der Waals surface area (Å²) in [7, 11) is 1.73. The van der Waals surface area contributed by atoms with Crippen molar-refractivity contribution in [2.75, 3.05) is 17.4 Å². The molecule has 0 aliphatic carbocycles. The van der Waals surface area contributed by atoms with Gasteiger partial charge in [0.2, 0.25) is 11.6 Å². The number of thiophene rings is 1. The van der Waals surface area contributed by atoms with Crippen molar-refractivity contribution in [2.24, 2.45) is 5.84 Å². The van der Waals surface area contributed by atoms with Crippen molar-refractivity contribution in [2.45, 2.75) is 6.54 Å². The van der Waals surface area contributed by atoms with Crippen molar-refractivity contribution in [1.82, 2.24) is 9.97 Å². The van der Waals surface area contributed by atoms with Gasteiger partial charge in [-0.15, -0.1) is 0 Å². The molecule has 0 aromatic carbocycles. The molecule has 0 amide bonds. The summed E-state index contributed by atoms with van der Waals surface area (Å²) in [4.78, 5) is 20.0. The van der Waals surface area contributed by atoms with E-state index in [2.05, 4.69) is 15.4 Å². The first-order chi connectivity index (χ1) is 9.13. The summed E-state index contributed by atoms with van der Waals surface area (Å²) in [5.74, 6) is 5.45. The van der Waals surface area contributed by atoms with Crippen LogP contribution in [0, 0.1) is 10.1 Å². The molecule has 8 nitrogen and oxygen atoms in total. The Bertz CT molecular complexity index is 573. The Morgan fingerprint density at radius 3 is 2.95 bits per heavy atom. The third kappa shape index (κ3) is 2.77. The normalized spacial score (nSPS) is 10.2. The molecule has 0 radical (unpaired) electrons. The van der Waals surface area contributed by atoms with E-state index in [1.807, 2.05) is 16.8 Å². The Morgan fingerprint density at radius 1 is 1.58 bits per heavy atom. The molecule has 100 valence electrons. The largest absolute Gasteiger partial charge is 0.354 e. The van der Waals surface area contributed by atoms with E-state index in [9.17, 15) is 10.1 Å². The smallest absolute Gasteiger partial charge is 0.349 e. The van der Waals surface area contributed by atoms with Crippen molar-refractivity contribution in [1.29, 1.82) is 0 Å². The van der Waals surface area contributed by atoms with E-state index in [1.165, 1.54) is 6.33 Å². The van der Waals surface area contributed by atoms with Crippen LogP contribution in [0.15, 0.2) is 23.2 Å². The lowest BCUT2D eigenvalue weighted by Gasteiger charge is -2.17. The number of nitrogens with two attached hydrogens (primary N) is 1. The minimum atomic E-state index is -0.547. The number of nitrogen functional groups attached to an aromatic ring is 1. The molecule has 2 aromatic rings. The maximum atomic E-state index is 11.1. The molecule has 19 heavy (non-hydrogen) atoms. The number of nitrogens with one attached hydrogen (secondary N) is 1. The van der Waals surface area contributed by atoms with Gasteiger partial charge in [0.05, 0.1) is 4.92 Å². The van der Waals surface area contributed by atoms with Gasteiger partial charge in [-0.05, 0) is 22.4 Å². The van der Waals surface area contributed by atoms with Crippen LogP contribution in [0.25, 0.3) is 0 Å². The predicted octanol–water partition coefficient (Wildman–Crippen LogP) is 1.37. The van der Waals surface area contributed by atoms with Crippen molar-refractivity contribution < 1.29 is 4.92 Å². The number of hydrogen-bond donors (Lipinski definition) is 2. The Labute approximate surface area is 113 Å². The molecule has 0 spiro atoms. The molecule has 2 rings (SSSR count). The summed E-state index contributed by atoms with van der Waals surface area (Å²) in [6, 6.07) is 1.95. The minimum Gasteiger partial charge on any atom is -0.349 e.